The number of aromatic amines is 1. The van der Waals surface area contributed by atoms with E-state index in [0.29, 0.717) is 41.9 Å². The average Bonchev–Trinajstić information content (AvgIpc) is 3.30. The maximum atomic E-state index is 13.4. The van der Waals surface area contributed by atoms with E-state index in [1.807, 2.05) is 16.7 Å². The number of benzene rings is 2. The highest BCUT2D eigenvalue weighted by atomic mass is 35.5. The first-order valence-electron chi connectivity index (χ1n) is 14.7. The minimum absolute atomic E-state index is 0.0292. The van der Waals surface area contributed by atoms with Gasteiger partial charge in [-0.15, -0.1) is 0 Å². The summed E-state index contributed by atoms with van der Waals surface area (Å²) in [6, 6.07) is 15.0. The van der Waals surface area contributed by atoms with E-state index < -0.39 is 11.4 Å². The number of aromatic nitrogens is 2. The second-order valence-corrected chi connectivity index (χ2v) is 13.5. The molecule has 4 rings (SSSR count). The maximum Gasteiger partial charge on any atom is 0.280 e. The van der Waals surface area contributed by atoms with E-state index in [1.54, 1.807) is 43.0 Å². The van der Waals surface area contributed by atoms with Crippen LogP contribution in [0.4, 0.5) is 0 Å². The van der Waals surface area contributed by atoms with Crippen molar-refractivity contribution >= 4 is 34.4 Å². The summed E-state index contributed by atoms with van der Waals surface area (Å²) in [6.45, 7) is 13.9. The zero-order valence-electron chi connectivity index (χ0n) is 25.9. The molecule has 0 radical (unpaired) electrons. The summed E-state index contributed by atoms with van der Waals surface area (Å²) in [5.41, 5.74) is 9.08. The number of nitrogens with two attached hydrogens (primary N) is 1. The van der Waals surface area contributed by atoms with Crippen LogP contribution in [0.25, 0.3) is 11.0 Å². The van der Waals surface area contributed by atoms with Crippen LogP contribution in [0.2, 0.25) is 5.02 Å². The number of nitriles is 1. The van der Waals surface area contributed by atoms with Gasteiger partial charge in [0.2, 0.25) is 5.62 Å². The molecule has 1 aromatic heterocycles. The third kappa shape index (κ3) is 8.02. The predicted octanol–water partition coefficient (Wildman–Crippen LogP) is 5.24. The SMILES string of the molecule is CC(NCc1ccc2c(c1)[nH]c(=NC(=O)c1ccc(Cl)cc1)n2C1CCCN(C(=O)C(C#N)=CC(C)(C)N)C1)C(C)(C)C. The number of rotatable bonds is 7. The molecular formula is C33H42ClN7O2. The molecule has 3 aromatic rings. The van der Waals surface area contributed by atoms with Crippen molar-refractivity contribution in [3.8, 4) is 6.07 Å². The predicted molar refractivity (Wildman–Crippen MR) is 170 cm³/mol. The van der Waals surface area contributed by atoms with Crippen molar-refractivity contribution in [2.45, 2.75) is 78.6 Å². The third-order valence-electron chi connectivity index (χ3n) is 7.92. The Morgan fingerprint density at radius 1 is 1.21 bits per heavy atom. The van der Waals surface area contributed by atoms with E-state index in [4.69, 9.17) is 17.3 Å². The number of fused-ring (bicyclic) bond motifs is 1. The van der Waals surface area contributed by atoms with Crippen LogP contribution >= 0.6 is 11.6 Å². The zero-order chi connectivity index (χ0) is 31.5. The molecule has 2 amide bonds. The van der Waals surface area contributed by atoms with E-state index in [1.165, 1.54) is 6.08 Å². The van der Waals surface area contributed by atoms with E-state index in [2.05, 4.69) is 55.1 Å². The van der Waals surface area contributed by atoms with Crippen LogP contribution in [-0.4, -0.2) is 50.9 Å². The van der Waals surface area contributed by atoms with Crippen molar-refractivity contribution in [2.24, 2.45) is 16.1 Å². The van der Waals surface area contributed by atoms with Crippen molar-refractivity contribution in [3.63, 3.8) is 0 Å². The van der Waals surface area contributed by atoms with Crippen LogP contribution in [0.1, 0.15) is 76.3 Å². The largest absolute Gasteiger partial charge is 0.336 e. The Labute approximate surface area is 258 Å². The van der Waals surface area contributed by atoms with Crippen molar-refractivity contribution in [2.75, 3.05) is 13.1 Å². The highest BCUT2D eigenvalue weighted by Gasteiger charge is 2.29. The summed E-state index contributed by atoms with van der Waals surface area (Å²) in [5.74, 6) is -0.746. The fourth-order valence-corrected chi connectivity index (χ4v) is 5.24. The Kier molecular flexibility index (Phi) is 9.65. The van der Waals surface area contributed by atoms with Gasteiger partial charge in [-0.25, -0.2) is 0 Å². The lowest BCUT2D eigenvalue weighted by Gasteiger charge is -2.34. The van der Waals surface area contributed by atoms with Gasteiger partial charge in [-0.2, -0.15) is 10.3 Å². The fourth-order valence-electron chi connectivity index (χ4n) is 5.11. The Hall–Kier alpha value is -3.71. The normalized spacial score (nSPS) is 17.7. The molecule has 1 aliphatic heterocycles. The number of hydrogen-bond acceptors (Lipinski definition) is 5. The molecule has 43 heavy (non-hydrogen) atoms. The standard InChI is InChI=1S/C33H42ClN7O2/c1-21(32(2,3)4)37-19-22-9-14-28-27(16-22)38-31(39-29(42)23-10-12-25(34)13-11-23)41(28)26-8-7-15-40(20-26)30(43)24(18-35)17-33(5,6)36/h9-14,16-17,21,26,37H,7-8,15,19-20,36H2,1-6H3,(H,38,39,42). The smallest absolute Gasteiger partial charge is 0.280 e. The molecule has 10 heteroatoms. The maximum absolute atomic E-state index is 13.4. The molecule has 0 bridgehead atoms. The lowest BCUT2D eigenvalue weighted by Crippen LogP contribution is -2.43. The number of imidazole rings is 1. The number of hydrogen-bond donors (Lipinski definition) is 3. The Morgan fingerprint density at radius 2 is 1.91 bits per heavy atom. The first-order chi connectivity index (χ1) is 20.2. The minimum Gasteiger partial charge on any atom is -0.336 e. The number of piperidine rings is 1. The second-order valence-electron chi connectivity index (χ2n) is 13.1. The first-order valence-corrected chi connectivity index (χ1v) is 15.1. The van der Waals surface area contributed by atoms with Gasteiger partial charge in [0.25, 0.3) is 11.8 Å². The van der Waals surface area contributed by atoms with E-state index in [9.17, 15) is 14.9 Å². The van der Waals surface area contributed by atoms with Gasteiger partial charge in [-0.05, 0) is 87.1 Å². The van der Waals surface area contributed by atoms with Gasteiger partial charge in [-0.3, -0.25) is 9.59 Å². The third-order valence-corrected chi connectivity index (χ3v) is 8.17. The first kappa shape index (κ1) is 32.2. The number of likely N-dealkylation sites (tertiary alicyclic amines) is 1. The van der Waals surface area contributed by atoms with Crippen LogP contribution in [-0.2, 0) is 11.3 Å². The molecule has 0 saturated carbocycles. The summed E-state index contributed by atoms with van der Waals surface area (Å²) in [5, 5.41) is 13.8. The molecule has 0 aliphatic carbocycles. The number of carbonyl (C=O) groups excluding carboxylic acids is 2. The van der Waals surface area contributed by atoms with Gasteiger partial charge in [0, 0.05) is 41.8 Å². The van der Waals surface area contributed by atoms with E-state index in [-0.39, 0.29) is 22.9 Å². The van der Waals surface area contributed by atoms with Crippen molar-refractivity contribution < 1.29 is 9.59 Å². The molecule has 2 heterocycles. The van der Waals surface area contributed by atoms with Crippen LogP contribution in [0.3, 0.4) is 0 Å². The van der Waals surface area contributed by atoms with Crippen molar-refractivity contribution in [1.82, 2.24) is 19.8 Å². The molecule has 228 valence electrons. The molecule has 4 N–H and O–H groups in total. The Bertz CT molecular complexity index is 1630. The Balaban J connectivity index is 1.74. The number of nitrogens with zero attached hydrogens (tertiary/aromatic N) is 4. The number of nitrogens with one attached hydrogen (secondary N) is 2. The molecule has 1 saturated heterocycles. The van der Waals surface area contributed by atoms with E-state index >= 15 is 0 Å². The molecule has 2 unspecified atom stereocenters. The summed E-state index contributed by atoms with van der Waals surface area (Å²) in [7, 11) is 0. The summed E-state index contributed by atoms with van der Waals surface area (Å²) in [4.78, 5) is 36.2. The van der Waals surface area contributed by atoms with Crippen LogP contribution < -0.4 is 16.7 Å². The molecule has 1 aliphatic rings. The minimum atomic E-state index is -0.799. The van der Waals surface area contributed by atoms with Crippen LogP contribution in [0.5, 0.6) is 0 Å². The molecule has 9 nitrogen and oxygen atoms in total. The number of carbonyl (C=O) groups is 2. The molecule has 2 atom stereocenters. The van der Waals surface area contributed by atoms with Crippen molar-refractivity contribution in [1.29, 1.82) is 5.26 Å². The highest BCUT2D eigenvalue weighted by Crippen LogP contribution is 2.26. The van der Waals surface area contributed by atoms with Gasteiger partial charge in [0.15, 0.2) is 0 Å². The Morgan fingerprint density at radius 3 is 2.53 bits per heavy atom. The van der Waals surface area contributed by atoms with Gasteiger partial charge in [0.05, 0.1) is 17.1 Å². The molecule has 0 spiro atoms. The van der Waals surface area contributed by atoms with E-state index in [0.717, 1.165) is 29.4 Å². The molecular weight excluding hydrogens is 562 g/mol. The van der Waals surface area contributed by atoms with Crippen LogP contribution in [0, 0.1) is 16.7 Å². The van der Waals surface area contributed by atoms with Gasteiger partial charge < -0.3 is 25.5 Å². The summed E-state index contributed by atoms with van der Waals surface area (Å²) >= 11 is 6.03. The van der Waals surface area contributed by atoms with Gasteiger partial charge in [-0.1, -0.05) is 38.4 Å². The van der Waals surface area contributed by atoms with Crippen LogP contribution in [0.15, 0.2) is 59.1 Å². The van der Waals surface area contributed by atoms with Gasteiger partial charge in [0.1, 0.15) is 11.6 Å². The lowest BCUT2D eigenvalue weighted by atomic mass is 9.88. The fraction of sp³-hybridized carbons (Fsp3) is 0.455. The second kappa shape index (κ2) is 12.9. The summed E-state index contributed by atoms with van der Waals surface area (Å²) < 4.78 is 2.01. The number of halogens is 1. The monoisotopic (exact) mass is 603 g/mol. The number of amides is 2. The quantitative estimate of drug-likeness (QED) is 0.251. The zero-order valence-corrected chi connectivity index (χ0v) is 26.6. The highest BCUT2D eigenvalue weighted by molar-refractivity contribution is 6.30. The average molecular weight is 604 g/mol. The molecule has 2 aromatic carbocycles. The summed E-state index contributed by atoms with van der Waals surface area (Å²) in [6.07, 6.45) is 3.02. The molecule has 1 fully saturated rings. The lowest BCUT2D eigenvalue weighted by molar-refractivity contribution is -0.128. The van der Waals surface area contributed by atoms with Crippen molar-refractivity contribution in [3.05, 3.63) is 75.9 Å². The number of H-pyrrole nitrogens is 1. The topological polar surface area (TPSA) is 132 Å². The van der Waals surface area contributed by atoms with Gasteiger partial charge >= 0.3 is 0 Å².